The number of aromatic nitrogens is 1. The second-order valence-corrected chi connectivity index (χ2v) is 8.85. The molecule has 4 aromatic rings. The lowest BCUT2D eigenvalue weighted by Gasteiger charge is -2.16. The molecular formula is C20H17FN2O2S2. The minimum atomic E-state index is -3.95. The first-order valence-electron chi connectivity index (χ1n) is 8.40. The first kappa shape index (κ1) is 17.9. The van der Waals surface area contributed by atoms with Crippen LogP contribution in [0.4, 0.5) is 4.39 Å². The van der Waals surface area contributed by atoms with Gasteiger partial charge in [0, 0.05) is 34.4 Å². The topological polar surface area (TPSA) is 62.0 Å². The molecule has 0 spiro atoms. The Bertz CT molecular complexity index is 1170. The molecule has 2 aromatic heterocycles. The van der Waals surface area contributed by atoms with E-state index in [9.17, 15) is 12.8 Å². The number of H-pyrrole nitrogens is 1. The van der Waals surface area contributed by atoms with Gasteiger partial charge < -0.3 is 4.98 Å². The molecule has 0 bridgehead atoms. The lowest BCUT2D eigenvalue weighted by molar-refractivity contribution is 0.555. The molecule has 0 aliphatic rings. The molecule has 2 heterocycles. The third-order valence-corrected chi connectivity index (χ3v) is 6.93. The number of hydrogen-bond donors (Lipinski definition) is 2. The van der Waals surface area contributed by atoms with E-state index < -0.39 is 15.8 Å². The van der Waals surface area contributed by atoms with Crippen LogP contribution in [0.15, 0.2) is 77.1 Å². The molecule has 7 heteroatoms. The van der Waals surface area contributed by atoms with Crippen LogP contribution in [0, 0.1) is 5.82 Å². The Morgan fingerprint density at radius 1 is 1.04 bits per heavy atom. The summed E-state index contributed by atoms with van der Waals surface area (Å²) in [5, 5.41) is 3.00. The van der Waals surface area contributed by atoms with Crippen molar-refractivity contribution in [1.82, 2.24) is 9.71 Å². The number of thiophene rings is 1. The van der Waals surface area contributed by atoms with E-state index in [1.165, 1.54) is 18.2 Å². The Morgan fingerprint density at radius 3 is 2.59 bits per heavy atom. The van der Waals surface area contributed by atoms with Crippen LogP contribution in [0.5, 0.6) is 0 Å². The lowest BCUT2D eigenvalue weighted by atomic mass is 9.97. The predicted molar refractivity (Wildman–Crippen MR) is 106 cm³/mol. The average Bonchev–Trinajstić information content (AvgIpc) is 3.33. The zero-order chi connectivity index (χ0) is 18.9. The first-order valence-corrected chi connectivity index (χ1v) is 10.8. The summed E-state index contributed by atoms with van der Waals surface area (Å²) in [5.74, 6) is -0.938. The Hall–Kier alpha value is -2.48. The van der Waals surface area contributed by atoms with Crippen molar-refractivity contribution in [3.05, 3.63) is 88.5 Å². The highest BCUT2D eigenvalue weighted by Gasteiger charge is 2.24. The van der Waals surface area contributed by atoms with Crippen LogP contribution in [-0.2, 0) is 10.0 Å². The molecule has 0 saturated carbocycles. The summed E-state index contributed by atoms with van der Waals surface area (Å²) in [6.45, 7) is 0.138. The van der Waals surface area contributed by atoms with E-state index in [-0.39, 0.29) is 17.4 Å². The van der Waals surface area contributed by atoms with Crippen molar-refractivity contribution in [3.63, 3.8) is 0 Å². The Kier molecular flexibility index (Phi) is 4.82. The summed E-state index contributed by atoms with van der Waals surface area (Å²) in [6.07, 6.45) is 1.91. The maximum absolute atomic E-state index is 13.9. The highest BCUT2D eigenvalue weighted by Crippen LogP contribution is 2.33. The number of hydrogen-bond acceptors (Lipinski definition) is 3. The molecule has 0 radical (unpaired) electrons. The smallest absolute Gasteiger partial charge is 0.243 e. The Morgan fingerprint density at radius 2 is 1.81 bits per heavy atom. The number of aromatic amines is 1. The SMILES string of the molecule is O=S(=O)(NC[C@@H](c1cccs1)c1c[nH]c2ccccc12)c1ccccc1F. The first-order chi connectivity index (χ1) is 13.1. The fraction of sp³-hybridized carbons (Fsp3) is 0.100. The second kappa shape index (κ2) is 7.26. The summed E-state index contributed by atoms with van der Waals surface area (Å²) in [5.41, 5.74) is 2.00. The molecule has 4 rings (SSSR count). The van der Waals surface area contributed by atoms with Gasteiger partial charge in [-0.25, -0.2) is 17.5 Å². The van der Waals surface area contributed by atoms with Gasteiger partial charge in [-0.3, -0.25) is 0 Å². The molecular weight excluding hydrogens is 383 g/mol. The van der Waals surface area contributed by atoms with E-state index >= 15 is 0 Å². The van der Waals surface area contributed by atoms with Gasteiger partial charge >= 0.3 is 0 Å². The van der Waals surface area contributed by atoms with Gasteiger partial charge in [-0.1, -0.05) is 36.4 Å². The Balaban J connectivity index is 1.68. The van der Waals surface area contributed by atoms with Crippen LogP contribution in [0.1, 0.15) is 16.4 Å². The van der Waals surface area contributed by atoms with Gasteiger partial charge in [0.1, 0.15) is 10.7 Å². The second-order valence-electron chi connectivity index (χ2n) is 6.14. The molecule has 2 aromatic carbocycles. The van der Waals surface area contributed by atoms with Crippen molar-refractivity contribution in [1.29, 1.82) is 0 Å². The molecule has 0 fully saturated rings. The van der Waals surface area contributed by atoms with Crippen molar-refractivity contribution < 1.29 is 12.8 Å². The molecule has 2 N–H and O–H groups in total. The van der Waals surface area contributed by atoms with Crippen LogP contribution in [0.2, 0.25) is 0 Å². The van der Waals surface area contributed by atoms with E-state index in [0.717, 1.165) is 27.4 Å². The van der Waals surface area contributed by atoms with Gasteiger partial charge in [0.2, 0.25) is 10.0 Å². The highest BCUT2D eigenvalue weighted by molar-refractivity contribution is 7.89. The average molecular weight is 401 g/mol. The molecule has 1 atom stereocenters. The molecule has 0 saturated heterocycles. The third kappa shape index (κ3) is 3.53. The largest absolute Gasteiger partial charge is 0.361 e. The van der Waals surface area contributed by atoms with E-state index in [1.807, 2.05) is 48.0 Å². The minimum absolute atomic E-state index is 0.138. The van der Waals surface area contributed by atoms with Crippen LogP contribution >= 0.6 is 11.3 Å². The summed E-state index contributed by atoms with van der Waals surface area (Å²) in [6, 6.07) is 17.2. The number of halogens is 1. The molecule has 0 unspecified atom stereocenters. The fourth-order valence-corrected chi connectivity index (χ4v) is 5.14. The molecule has 138 valence electrons. The van der Waals surface area contributed by atoms with Crippen LogP contribution in [-0.4, -0.2) is 19.9 Å². The molecule has 4 nitrogen and oxygen atoms in total. The third-order valence-electron chi connectivity index (χ3n) is 4.49. The number of sulfonamides is 1. The maximum atomic E-state index is 13.9. The van der Waals surface area contributed by atoms with Gasteiger partial charge in [-0.15, -0.1) is 11.3 Å². The lowest BCUT2D eigenvalue weighted by Crippen LogP contribution is -2.29. The number of rotatable bonds is 6. The van der Waals surface area contributed by atoms with E-state index in [4.69, 9.17) is 0 Å². The summed E-state index contributed by atoms with van der Waals surface area (Å²) in [4.78, 5) is 3.93. The quantitative estimate of drug-likeness (QED) is 0.501. The normalized spacial score (nSPS) is 13.1. The van der Waals surface area contributed by atoms with E-state index in [0.29, 0.717) is 0 Å². The number of nitrogens with one attached hydrogen (secondary N) is 2. The Labute approximate surface area is 160 Å². The van der Waals surface area contributed by atoms with Crippen LogP contribution in [0.3, 0.4) is 0 Å². The number of benzene rings is 2. The molecule has 27 heavy (non-hydrogen) atoms. The van der Waals surface area contributed by atoms with Gasteiger partial charge in [-0.2, -0.15) is 0 Å². The van der Waals surface area contributed by atoms with Gasteiger partial charge in [-0.05, 0) is 35.2 Å². The molecule has 0 aliphatic carbocycles. The molecule has 0 aliphatic heterocycles. The summed E-state index contributed by atoms with van der Waals surface area (Å²) < 4.78 is 41.7. The zero-order valence-electron chi connectivity index (χ0n) is 14.2. The van der Waals surface area contributed by atoms with E-state index in [1.54, 1.807) is 11.3 Å². The van der Waals surface area contributed by atoms with Crippen molar-refractivity contribution in [3.8, 4) is 0 Å². The minimum Gasteiger partial charge on any atom is -0.361 e. The van der Waals surface area contributed by atoms with Crippen LogP contribution < -0.4 is 4.72 Å². The van der Waals surface area contributed by atoms with Crippen molar-refractivity contribution in [2.75, 3.05) is 6.54 Å². The fourth-order valence-electron chi connectivity index (χ4n) is 3.17. The summed E-state index contributed by atoms with van der Waals surface area (Å²) >= 11 is 1.56. The summed E-state index contributed by atoms with van der Waals surface area (Å²) in [7, 11) is -3.95. The van der Waals surface area contributed by atoms with Gasteiger partial charge in [0.15, 0.2) is 0 Å². The monoisotopic (exact) mass is 400 g/mol. The van der Waals surface area contributed by atoms with Gasteiger partial charge in [0.05, 0.1) is 0 Å². The zero-order valence-corrected chi connectivity index (χ0v) is 15.9. The predicted octanol–water partition coefficient (Wildman–Crippen LogP) is 4.48. The highest BCUT2D eigenvalue weighted by atomic mass is 32.2. The van der Waals surface area contributed by atoms with Gasteiger partial charge in [0.25, 0.3) is 0 Å². The standard InChI is InChI=1S/C20H17FN2O2S2/c21-17-7-2-4-10-20(17)27(24,25)23-13-16(19-9-5-11-26-19)15-12-22-18-8-3-1-6-14(15)18/h1-12,16,22-23H,13H2/t16-/m1/s1. The van der Waals surface area contributed by atoms with Crippen molar-refractivity contribution in [2.24, 2.45) is 0 Å². The van der Waals surface area contributed by atoms with E-state index in [2.05, 4.69) is 9.71 Å². The van der Waals surface area contributed by atoms with Crippen molar-refractivity contribution in [2.45, 2.75) is 10.8 Å². The number of fused-ring (bicyclic) bond motifs is 1. The maximum Gasteiger partial charge on any atom is 0.243 e. The molecule has 0 amide bonds. The van der Waals surface area contributed by atoms with Crippen LogP contribution in [0.25, 0.3) is 10.9 Å². The van der Waals surface area contributed by atoms with Crippen molar-refractivity contribution >= 4 is 32.3 Å². The number of para-hydroxylation sites is 1.